The van der Waals surface area contributed by atoms with Gasteiger partial charge in [-0.3, -0.25) is 19.3 Å². The van der Waals surface area contributed by atoms with Gasteiger partial charge in [0.1, 0.15) is 16.7 Å². The lowest BCUT2D eigenvalue weighted by molar-refractivity contribution is -0.123. The number of anilines is 2. The van der Waals surface area contributed by atoms with Crippen LogP contribution in [-0.2, 0) is 11.2 Å². The monoisotopic (exact) mass is 509 g/mol. The van der Waals surface area contributed by atoms with Gasteiger partial charge >= 0.3 is 0 Å². The minimum Gasteiger partial charge on any atom is -0.497 e. The first kappa shape index (κ1) is 26.7. The van der Waals surface area contributed by atoms with Crippen LogP contribution in [0.15, 0.2) is 48.5 Å². The van der Waals surface area contributed by atoms with Crippen LogP contribution in [0.3, 0.4) is 0 Å². The van der Waals surface area contributed by atoms with E-state index in [1.807, 2.05) is 39.8 Å². The number of ether oxygens (including phenoxy) is 1. The van der Waals surface area contributed by atoms with E-state index in [1.54, 1.807) is 43.5 Å². The number of primary amides is 1. The zero-order valence-electron chi connectivity index (χ0n) is 21.0. The smallest absolute Gasteiger partial charge is 0.273 e. The second-order valence-corrected chi connectivity index (χ2v) is 10.0. The number of hydrogen-bond acceptors (Lipinski definition) is 7. The summed E-state index contributed by atoms with van der Waals surface area (Å²) in [4.78, 5) is 40.9. The molecule has 0 bridgehead atoms. The Balaban J connectivity index is 2.23. The number of nitrogen functional groups attached to an aromatic ring is 1. The van der Waals surface area contributed by atoms with Crippen LogP contribution in [0.25, 0.3) is 0 Å². The van der Waals surface area contributed by atoms with Crippen molar-refractivity contribution >= 4 is 40.6 Å². The highest BCUT2D eigenvalue weighted by atomic mass is 32.1. The number of benzene rings is 2. The zero-order chi connectivity index (χ0) is 26.6. The Labute approximate surface area is 214 Å². The molecule has 0 saturated carbocycles. The predicted octanol–water partition coefficient (Wildman–Crippen LogP) is 3.70. The van der Waals surface area contributed by atoms with Crippen molar-refractivity contribution in [3.63, 3.8) is 0 Å². The Morgan fingerprint density at radius 3 is 2.17 bits per heavy atom. The molecular weight excluding hydrogens is 478 g/mol. The summed E-state index contributed by atoms with van der Waals surface area (Å²) in [5, 5.41) is 2.98. The zero-order valence-corrected chi connectivity index (χ0v) is 21.8. The molecule has 9 nitrogen and oxygen atoms in total. The average Bonchev–Trinajstić information content (AvgIpc) is 3.22. The van der Waals surface area contributed by atoms with E-state index in [2.05, 4.69) is 9.69 Å². The minimum atomic E-state index is -1.06. The molecule has 0 saturated heterocycles. The molecule has 0 radical (unpaired) electrons. The summed E-state index contributed by atoms with van der Waals surface area (Å²) >= 11 is 0.768. The second-order valence-electron chi connectivity index (χ2n) is 9.25. The van der Waals surface area contributed by atoms with Gasteiger partial charge in [-0.15, -0.1) is 0 Å². The van der Waals surface area contributed by atoms with E-state index in [0.717, 1.165) is 23.5 Å². The molecule has 1 aromatic heterocycles. The summed E-state index contributed by atoms with van der Waals surface area (Å²) in [5.41, 5.74) is 12.7. The van der Waals surface area contributed by atoms with E-state index in [1.165, 1.54) is 4.90 Å². The number of carbonyl (C=O) groups is 3. The molecule has 1 heterocycles. The molecule has 190 valence electrons. The van der Waals surface area contributed by atoms with Crippen molar-refractivity contribution in [2.45, 2.75) is 45.7 Å². The Hall–Kier alpha value is -3.92. The van der Waals surface area contributed by atoms with Crippen molar-refractivity contribution in [1.82, 2.24) is 9.69 Å². The molecule has 2 aromatic carbocycles. The summed E-state index contributed by atoms with van der Waals surface area (Å²) in [6.07, 6.45) is 0.810. The third-order valence-electron chi connectivity index (χ3n) is 5.43. The summed E-state index contributed by atoms with van der Waals surface area (Å²) in [7, 11) is 1.55. The van der Waals surface area contributed by atoms with E-state index in [0.29, 0.717) is 17.0 Å². The maximum Gasteiger partial charge on any atom is 0.273 e. The number of nitrogens with one attached hydrogen (secondary N) is 1. The summed E-state index contributed by atoms with van der Waals surface area (Å²) < 4.78 is 9.25. The van der Waals surface area contributed by atoms with Crippen molar-refractivity contribution in [3.05, 3.63) is 70.2 Å². The maximum atomic E-state index is 14.0. The standard InChI is InChI=1S/C26H31N5O4S/c1-6-15-7-11-17(12-8-15)31(25(34)22-19(27)20(23(28)32)30-36-22)21(24(33)29-26(2,3)4)16-9-13-18(35-5)14-10-16/h7-14,21H,6,27H2,1-5H3,(H2,28,32)(H,29,33)/t21-/m1/s1. The third kappa shape index (κ3) is 5.83. The van der Waals surface area contributed by atoms with E-state index in [4.69, 9.17) is 16.2 Å². The van der Waals surface area contributed by atoms with Crippen LogP contribution in [0.2, 0.25) is 0 Å². The van der Waals surface area contributed by atoms with Crippen LogP contribution in [0.5, 0.6) is 5.75 Å². The predicted molar refractivity (Wildman–Crippen MR) is 141 cm³/mol. The highest BCUT2D eigenvalue weighted by Gasteiger charge is 2.37. The molecule has 0 aliphatic heterocycles. The number of nitrogens with two attached hydrogens (primary N) is 2. The van der Waals surface area contributed by atoms with Crippen molar-refractivity contribution < 1.29 is 19.1 Å². The van der Waals surface area contributed by atoms with Crippen LogP contribution < -0.4 is 26.4 Å². The lowest BCUT2D eigenvalue weighted by atomic mass is 10.00. The normalized spacial score (nSPS) is 12.0. The summed E-state index contributed by atoms with van der Waals surface area (Å²) in [5.74, 6) is -1.19. The van der Waals surface area contributed by atoms with Gasteiger partial charge in [-0.05, 0) is 74.1 Å². The van der Waals surface area contributed by atoms with Crippen molar-refractivity contribution in [2.75, 3.05) is 17.7 Å². The first-order chi connectivity index (χ1) is 17.0. The van der Waals surface area contributed by atoms with Gasteiger partial charge in [-0.2, -0.15) is 4.37 Å². The molecule has 0 aliphatic rings. The van der Waals surface area contributed by atoms with Gasteiger partial charge in [0.15, 0.2) is 5.69 Å². The Morgan fingerprint density at radius 2 is 1.69 bits per heavy atom. The molecule has 3 aromatic rings. The second kappa shape index (κ2) is 10.8. The number of aromatic nitrogens is 1. The molecule has 3 amide bonds. The highest BCUT2D eigenvalue weighted by Crippen LogP contribution is 2.34. The minimum absolute atomic E-state index is 0.0189. The van der Waals surface area contributed by atoms with Crippen LogP contribution in [-0.4, -0.2) is 34.7 Å². The van der Waals surface area contributed by atoms with Gasteiger partial charge in [0.05, 0.1) is 12.8 Å². The number of amides is 3. The first-order valence-electron chi connectivity index (χ1n) is 11.4. The Bertz CT molecular complexity index is 1250. The Morgan fingerprint density at radius 1 is 1.08 bits per heavy atom. The van der Waals surface area contributed by atoms with Crippen LogP contribution in [0, 0.1) is 0 Å². The van der Waals surface area contributed by atoms with E-state index in [-0.39, 0.29) is 16.3 Å². The summed E-state index contributed by atoms with van der Waals surface area (Å²) in [6.45, 7) is 7.60. The molecule has 0 fully saturated rings. The molecule has 1 atom stereocenters. The molecule has 0 aliphatic carbocycles. The molecule has 3 rings (SSSR count). The number of nitrogens with zero attached hydrogens (tertiary/aromatic N) is 2. The Kier molecular flexibility index (Phi) is 7.99. The van der Waals surface area contributed by atoms with Crippen molar-refractivity contribution in [2.24, 2.45) is 5.73 Å². The number of carbonyl (C=O) groups excluding carboxylic acids is 3. The molecule has 10 heteroatoms. The number of methoxy groups -OCH3 is 1. The molecule has 36 heavy (non-hydrogen) atoms. The highest BCUT2D eigenvalue weighted by molar-refractivity contribution is 7.09. The van der Waals surface area contributed by atoms with Crippen LogP contribution in [0.1, 0.15) is 65.0 Å². The van der Waals surface area contributed by atoms with Crippen molar-refractivity contribution in [1.29, 1.82) is 0 Å². The number of rotatable bonds is 8. The molecular formula is C26H31N5O4S. The van der Waals surface area contributed by atoms with Gasteiger partial charge in [-0.1, -0.05) is 31.2 Å². The van der Waals surface area contributed by atoms with Gasteiger partial charge < -0.3 is 21.5 Å². The van der Waals surface area contributed by atoms with Gasteiger partial charge in [0.25, 0.3) is 11.8 Å². The van der Waals surface area contributed by atoms with Crippen LogP contribution in [0.4, 0.5) is 11.4 Å². The fraction of sp³-hybridized carbons (Fsp3) is 0.308. The van der Waals surface area contributed by atoms with Gasteiger partial charge in [0.2, 0.25) is 5.91 Å². The van der Waals surface area contributed by atoms with E-state index in [9.17, 15) is 14.4 Å². The molecule has 0 spiro atoms. The average molecular weight is 510 g/mol. The molecule has 5 N–H and O–H groups in total. The SMILES string of the molecule is CCc1ccc(N(C(=O)c2snc(C(N)=O)c2N)[C@@H](C(=O)NC(C)(C)C)c2ccc(OC)cc2)cc1. The summed E-state index contributed by atoms with van der Waals surface area (Å²) in [6, 6.07) is 13.2. The van der Waals surface area contributed by atoms with Crippen molar-refractivity contribution in [3.8, 4) is 5.75 Å². The largest absolute Gasteiger partial charge is 0.497 e. The van der Waals surface area contributed by atoms with Gasteiger partial charge in [-0.25, -0.2) is 0 Å². The van der Waals surface area contributed by atoms with Gasteiger partial charge in [0, 0.05) is 11.2 Å². The number of hydrogen-bond donors (Lipinski definition) is 3. The maximum absolute atomic E-state index is 14.0. The molecule has 0 unspecified atom stereocenters. The lowest BCUT2D eigenvalue weighted by Gasteiger charge is -2.33. The lowest BCUT2D eigenvalue weighted by Crippen LogP contribution is -2.49. The van der Waals surface area contributed by atoms with E-state index >= 15 is 0 Å². The fourth-order valence-corrected chi connectivity index (χ4v) is 4.40. The topological polar surface area (TPSA) is 141 Å². The fourth-order valence-electron chi connectivity index (χ4n) is 3.66. The number of aryl methyl sites for hydroxylation is 1. The quantitative estimate of drug-likeness (QED) is 0.423. The third-order valence-corrected chi connectivity index (χ3v) is 6.28. The van der Waals surface area contributed by atoms with Crippen LogP contribution >= 0.6 is 11.5 Å². The van der Waals surface area contributed by atoms with E-state index < -0.39 is 29.3 Å². The first-order valence-corrected chi connectivity index (χ1v) is 12.2.